The largest absolute Gasteiger partial charge is 0.449 e. The van der Waals surface area contributed by atoms with Crippen molar-refractivity contribution >= 4 is 11.7 Å². The lowest BCUT2D eigenvalue weighted by Crippen LogP contribution is -2.48. The van der Waals surface area contributed by atoms with Crippen LogP contribution in [0.3, 0.4) is 0 Å². The molecule has 1 aromatic rings. The number of esters is 1. The highest BCUT2D eigenvalue weighted by molar-refractivity contribution is 5.90. The zero-order valence-corrected chi connectivity index (χ0v) is 18.4. The number of carbonyl (C=O) groups excluding carboxylic acids is 1. The van der Waals surface area contributed by atoms with Gasteiger partial charge in [-0.15, -0.1) is 0 Å². The number of nitrogens with zero attached hydrogens (tertiary/aromatic N) is 2. The average molecular weight is 421 g/mol. The van der Waals surface area contributed by atoms with Crippen LogP contribution in [0.1, 0.15) is 24.8 Å². The molecular weight excluding hydrogens is 392 g/mol. The van der Waals surface area contributed by atoms with Crippen LogP contribution in [0, 0.1) is 11.8 Å². The van der Waals surface area contributed by atoms with Crippen molar-refractivity contribution in [1.29, 1.82) is 0 Å². The molecular formula is C25H28N2O4. The molecule has 2 fully saturated rings. The summed E-state index contributed by atoms with van der Waals surface area (Å²) in [6.45, 7) is 0. The zero-order chi connectivity index (χ0) is 21.8. The number of ether oxygens (including phenoxy) is 3. The van der Waals surface area contributed by atoms with E-state index in [2.05, 4.69) is 39.8 Å². The van der Waals surface area contributed by atoms with Crippen LogP contribution in [0.4, 0.5) is 5.69 Å². The Morgan fingerprint density at radius 3 is 2.58 bits per heavy atom. The van der Waals surface area contributed by atoms with Crippen LogP contribution < -0.4 is 4.90 Å². The Hall–Kier alpha value is -2.59. The van der Waals surface area contributed by atoms with Gasteiger partial charge >= 0.3 is 5.97 Å². The van der Waals surface area contributed by atoms with Crippen molar-refractivity contribution in [2.75, 3.05) is 33.2 Å². The van der Waals surface area contributed by atoms with E-state index in [0.29, 0.717) is 0 Å². The van der Waals surface area contributed by atoms with Gasteiger partial charge in [0.1, 0.15) is 0 Å². The summed E-state index contributed by atoms with van der Waals surface area (Å²) < 4.78 is 17.2. The molecule has 162 valence electrons. The molecule has 5 rings (SSSR count). The number of hydrogen-bond acceptors (Lipinski definition) is 6. The average Bonchev–Trinajstić information content (AvgIpc) is 3.41. The quantitative estimate of drug-likeness (QED) is 0.424. The van der Waals surface area contributed by atoms with Gasteiger partial charge in [-0.25, -0.2) is 4.79 Å². The van der Waals surface area contributed by atoms with Gasteiger partial charge in [0.25, 0.3) is 0 Å². The van der Waals surface area contributed by atoms with E-state index in [1.807, 2.05) is 26.2 Å². The Bertz CT molecular complexity index is 1010. The first-order valence-electron chi connectivity index (χ1n) is 10.8. The standard InChI is InChI=1S/C25H28N2O4/c1-26(2)18-9-6-16(7-10-18)5-8-17-13-19-15-25(20(17)14-23(28)31-25)22-12-11-21(27(19)22)24(29-3)30-4/h6-7,9-10,13-14,19,21-22,24H,11-12,15H2,1-4H3. The van der Waals surface area contributed by atoms with E-state index in [9.17, 15) is 4.79 Å². The highest BCUT2D eigenvalue weighted by Crippen LogP contribution is 2.56. The fourth-order valence-corrected chi connectivity index (χ4v) is 5.78. The van der Waals surface area contributed by atoms with Crippen LogP contribution in [0.25, 0.3) is 0 Å². The number of rotatable bonds is 4. The van der Waals surface area contributed by atoms with Gasteiger partial charge in [0.15, 0.2) is 11.9 Å². The van der Waals surface area contributed by atoms with E-state index in [4.69, 9.17) is 14.2 Å². The van der Waals surface area contributed by atoms with Crippen LogP contribution in [0.5, 0.6) is 0 Å². The molecule has 0 amide bonds. The van der Waals surface area contributed by atoms with Crippen molar-refractivity contribution in [3.63, 3.8) is 0 Å². The van der Waals surface area contributed by atoms with Gasteiger partial charge in [-0.05, 0) is 37.1 Å². The molecule has 6 nitrogen and oxygen atoms in total. The normalized spacial score (nSPS) is 30.9. The molecule has 4 atom stereocenters. The smallest absolute Gasteiger partial charge is 0.332 e. The van der Waals surface area contributed by atoms with Crippen molar-refractivity contribution in [3.05, 3.63) is 53.1 Å². The molecule has 2 bridgehead atoms. The first kappa shape index (κ1) is 20.3. The Morgan fingerprint density at radius 1 is 1.16 bits per heavy atom. The van der Waals surface area contributed by atoms with E-state index in [0.717, 1.165) is 41.7 Å². The molecule has 6 heteroatoms. The summed E-state index contributed by atoms with van der Waals surface area (Å²) >= 11 is 0. The van der Waals surface area contributed by atoms with Gasteiger partial charge in [0, 0.05) is 69.3 Å². The van der Waals surface area contributed by atoms with Crippen LogP contribution in [0.2, 0.25) is 0 Å². The highest BCUT2D eigenvalue weighted by Gasteiger charge is 2.65. The Balaban J connectivity index is 1.50. The molecule has 1 spiro atoms. The van der Waals surface area contributed by atoms with E-state index in [-0.39, 0.29) is 30.4 Å². The number of fused-ring (bicyclic) bond motifs is 3. The van der Waals surface area contributed by atoms with E-state index >= 15 is 0 Å². The van der Waals surface area contributed by atoms with Gasteiger partial charge in [0.2, 0.25) is 0 Å². The molecule has 0 radical (unpaired) electrons. The van der Waals surface area contributed by atoms with Crippen LogP contribution >= 0.6 is 0 Å². The number of carbonyl (C=O) groups is 1. The first-order chi connectivity index (χ1) is 15.0. The minimum atomic E-state index is -0.601. The monoisotopic (exact) mass is 420 g/mol. The predicted molar refractivity (Wildman–Crippen MR) is 117 cm³/mol. The number of hydrogen-bond donors (Lipinski definition) is 0. The van der Waals surface area contributed by atoms with Crippen molar-refractivity contribution in [2.45, 2.75) is 49.3 Å². The molecule has 3 aliphatic heterocycles. The second-order valence-electron chi connectivity index (χ2n) is 8.86. The van der Waals surface area contributed by atoms with Gasteiger partial charge in [-0.2, -0.15) is 0 Å². The number of anilines is 1. The Labute approximate surface area is 183 Å². The van der Waals surface area contributed by atoms with Crippen molar-refractivity contribution < 1.29 is 19.0 Å². The van der Waals surface area contributed by atoms with Crippen molar-refractivity contribution in [2.24, 2.45) is 0 Å². The topological polar surface area (TPSA) is 51.2 Å². The van der Waals surface area contributed by atoms with Crippen LogP contribution in [-0.2, 0) is 19.0 Å². The van der Waals surface area contributed by atoms with Crippen LogP contribution in [0.15, 0.2) is 47.6 Å². The highest BCUT2D eigenvalue weighted by atomic mass is 16.7. The maximum atomic E-state index is 12.4. The van der Waals surface area contributed by atoms with Crippen molar-refractivity contribution in [1.82, 2.24) is 4.90 Å². The summed E-state index contributed by atoms with van der Waals surface area (Å²) in [6, 6.07) is 8.57. The Kier molecular flexibility index (Phi) is 4.93. The second-order valence-corrected chi connectivity index (χ2v) is 8.86. The zero-order valence-electron chi connectivity index (χ0n) is 18.4. The molecule has 31 heavy (non-hydrogen) atoms. The molecule has 0 N–H and O–H groups in total. The van der Waals surface area contributed by atoms with Gasteiger partial charge < -0.3 is 19.1 Å². The van der Waals surface area contributed by atoms with E-state index in [1.54, 1.807) is 20.3 Å². The lowest BCUT2D eigenvalue weighted by Gasteiger charge is -2.33. The summed E-state index contributed by atoms with van der Waals surface area (Å²) in [5.41, 5.74) is 3.32. The van der Waals surface area contributed by atoms with E-state index < -0.39 is 5.60 Å². The molecule has 4 unspecified atom stereocenters. The second kappa shape index (κ2) is 7.52. The fourth-order valence-electron chi connectivity index (χ4n) is 5.78. The third kappa shape index (κ3) is 3.11. The van der Waals surface area contributed by atoms with Crippen LogP contribution in [-0.4, -0.2) is 69.2 Å². The molecule has 1 aliphatic carbocycles. The molecule has 4 aliphatic rings. The fraction of sp³-hybridized carbons (Fsp3) is 0.480. The number of benzene rings is 1. The molecule has 2 saturated heterocycles. The molecule has 0 saturated carbocycles. The van der Waals surface area contributed by atoms with Gasteiger partial charge in [-0.1, -0.05) is 17.9 Å². The summed E-state index contributed by atoms with van der Waals surface area (Å²) in [5.74, 6) is 6.36. The van der Waals surface area contributed by atoms with Gasteiger partial charge in [-0.3, -0.25) is 4.90 Å². The third-order valence-electron chi connectivity index (χ3n) is 7.07. The lowest BCUT2D eigenvalue weighted by molar-refractivity contribution is -0.151. The minimum Gasteiger partial charge on any atom is -0.449 e. The minimum absolute atomic E-state index is 0.128. The third-order valence-corrected chi connectivity index (χ3v) is 7.07. The SMILES string of the molecule is COC(OC)C1CCC2N1C1C=C(C#Cc3ccc(N(C)C)cc3)C3=CC(=O)OC32C1. The summed E-state index contributed by atoms with van der Waals surface area (Å²) in [5, 5.41) is 0. The summed E-state index contributed by atoms with van der Waals surface area (Å²) in [7, 11) is 7.39. The Morgan fingerprint density at radius 2 is 1.90 bits per heavy atom. The summed E-state index contributed by atoms with van der Waals surface area (Å²) in [4.78, 5) is 16.9. The van der Waals surface area contributed by atoms with E-state index in [1.165, 1.54) is 0 Å². The lowest BCUT2D eigenvalue weighted by atomic mass is 9.77. The summed E-state index contributed by atoms with van der Waals surface area (Å²) in [6.07, 6.45) is 6.21. The molecule has 3 heterocycles. The maximum absolute atomic E-state index is 12.4. The van der Waals surface area contributed by atoms with Gasteiger partial charge in [0.05, 0.1) is 12.1 Å². The predicted octanol–water partition coefficient (Wildman–Crippen LogP) is 2.49. The number of methoxy groups -OCH3 is 2. The maximum Gasteiger partial charge on any atom is 0.332 e. The molecule has 0 aromatic heterocycles. The van der Waals surface area contributed by atoms with Crippen molar-refractivity contribution in [3.8, 4) is 11.8 Å². The molecule has 1 aromatic carbocycles. The first-order valence-corrected chi connectivity index (χ1v) is 10.8.